The molecule has 3 heteroatoms. The average molecular weight is 439 g/mol. The van der Waals surface area contributed by atoms with Crippen molar-refractivity contribution < 1.29 is 14.6 Å². The van der Waals surface area contributed by atoms with Gasteiger partial charge in [-0.25, -0.2) is 0 Å². The summed E-state index contributed by atoms with van der Waals surface area (Å²) in [6.07, 6.45) is 18.7. The molecular weight excluding hydrogens is 396 g/mol. The summed E-state index contributed by atoms with van der Waals surface area (Å²) in [6, 6.07) is 14.0. The predicted octanol–water partition coefficient (Wildman–Crippen LogP) is 8.48. The molecule has 0 atom stereocenters. The summed E-state index contributed by atoms with van der Waals surface area (Å²) in [7, 11) is 0. The molecule has 0 saturated heterocycles. The maximum atomic E-state index is 12.5. The molecular formula is C29H42O3. The second-order valence-electron chi connectivity index (χ2n) is 8.82. The van der Waals surface area contributed by atoms with Crippen LogP contribution in [0.15, 0.2) is 48.5 Å². The summed E-state index contributed by atoms with van der Waals surface area (Å²) in [4.78, 5) is 12.5. The lowest BCUT2D eigenvalue weighted by atomic mass is 10.0. The van der Waals surface area contributed by atoms with Crippen LogP contribution in [0.4, 0.5) is 0 Å². The Hall–Kier alpha value is -2.29. The van der Waals surface area contributed by atoms with Gasteiger partial charge >= 0.3 is 0 Å². The second kappa shape index (κ2) is 16.4. The minimum absolute atomic E-state index is 0.0303. The Morgan fingerprint density at radius 1 is 0.719 bits per heavy atom. The van der Waals surface area contributed by atoms with Crippen molar-refractivity contribution in [3.8, 4) is 11.5 Å². The van der Waals surface area contributed by atoms with Gasteiger partial charge < -0.3 is 9.84 Å². The van der Waals surface area contributed by atoms with Crippen molar-refractivity contribution in [1.29, 1.82) is 0 Å². The Morgan fingerprint density at radius 3 is 1.78 bits per heavy atom. The number of hydrogen-bond donors (Lipinski definition) is 1. The fourth-order valence-corrected chi connectivity index (χ4v) is 4.02. The van der Waals surface area contributed by atoms with Crippen LogP contribution in [0.3, 0.4) is 0 Å². The van der Waals surface area contributed by atoms with E-state index in [4.69, 9.17) is 4.74 Å². The molecule has 3 nitrogen and oxygen atoms in total. The van der Waals surface area contributed by atoms with E-state index in [-0.39, 0.29) is 11.5 Å². The maximum Gasteiger partial charge on any atom is 0.196 e. The summed E-state index contributed by atoms with van der Waals surface area (Å²) < 4.78 is 5.76. The lowest BCUT2D eigenvalue weighted by Crippen LogP contribution is -2.02. The molecule has 0 aromatic heterocycles. The molecule has 0 spiro atoms. The van der Waals surface area contributed by atoms with E-state index in [0.717, 1.165) is 6.42 Å². The Balaban J connectivity index is 1.49. The second-order valence-corrected chi connectivity index (χ2v) is 8.82. The lowest BCUT2D eigenvalue weighted by Gasteiger charge is -2.09. The van der Waals surface area contributed by atoms with E-state index in [2.05, 4.69) is 6.92 Å². The van der Waals surface area contributed by atoms with Gasteiger partial charge in [-0.1, -0.05) is 121 Å². The van der Waals surface area contributed by atoms with Gasteiger partial charge in [0.15, 0.2) is 5.78 Å². The zero-order valence-corrected chi connectivity index (χ0v) is 20.0. The van der Waals surface area contributed by atoms with Gasteiger partial charge in [0.25, 0.3) is 0 Å². The highest BCUT2D eigenvalue weighted by Crippen LogP contribution is 2.26. The summed E-state index contributed by atoms with van der Waals surface area (Å²) >= 11 is 0. The minimum atomic E-state index is -0.179. The topological polar surface area (TPSA) is 46.5 Å². The van der Waals surface area contributed by atoms with Crippen molar-refractivity contribution in [3.05, 3.63) is 59.7 Å². The molecule has 32 heavy (non-hydrogen) atoms. The first-order chi connectivity index (χ1) is 15.7. The highest BCUT2D eigenvalue weighted by molar-refractivity contribution is 6.10. The van der Waals surface area contributed by atoms with E-state index in [9.17, 15) is 9.90 Å². The molecule has 0 bridgehead atoms. The predicted molar refractivity (Wildman–Crippen MR) is 134 cm³/mol. The number of ketones is 1. The number of carbonyl (C=O) groups is 1. The van der Waals surface area contributed by atoms with Gasteiger partial charge in [-0.05, 0) is 18.6 Å². The molecule has 0 fully saturated rings. The third-order valence-corrected chi connectivity index (χ3v) is 6.02. The van der Waals surface area contributed by atoms with Crippen LogP contribution in [0, 0.1) is 0 Å². The van der Waals surface area contributed by atoms with Crippen molar-refractivity contribution in [2.75, 3.05) is 6.61 Å². The lowest BCUT2D eigenvalue weighted by molar-refractivity contribution is 0.103. The highest BCUT2D eigenvalue weighted by atomic mass is 16.5. The standard InChI is InChI=1S/C29H42O3/c1-2-3-4-5-6-7-8-9-10-11-12-13-14-18-23-32-26-21-22-27(28(30)24-26)29(31)25-19-16-15-17-20-25/h15-17,19-22,24,30H,2-14,18,23H2,1H3. The van der Waals surface area contributed by atoms with Gasteiger partial charge in [0.1, 0.15) is 11.5 Å². The zero-order valence-electron chi connectivity index (χ0n) is 20.0. The first-order valence-corrected chi connectivity index (χ1v) is 12.8. The van der Waals surface area contributed by atoms with Gasteiger partial charge in [-0.2, -0.15) is 0 Å². The van der Waals surface area contributed by atoms with Crippen LogP contribution in [0.1, 0.15) is 113 Å². The Morgan fingerprint density at radius 2 is 1.25 bits per heavy atom. The highest BCUT2D eigenvalue weighted by Gasteiger charge is 2.14. The zero-order chi connectivity index (χ0) is 22.9. The number of phenols is 1. The number of unbranched alkanes of at least 4 members (excludes halogenated alkanes) is 13. The number of benzene rings is 2. The van der Waals surface area contributed by atoms with Crippen LogP contribution >= 0.6 is 0 Å². The molecule has 2 aromatic carbocycles. The van der Waals surface area contributed by atoms with Crippen molar-refractivity contribution in [2.45, 2.75) is 96.8 Å². The number of aromatic hydroxyl groups is 1. The molecule has 0 aliphatic carbocycles. The maximum absolute atomic E-state index is 12.5. The molecule has 2 aromatic rings. The molecule has 0 aliphatic rings. The van der Waals surface area contributed by atoms with Crippen molar-refractivity contribution in [3.63, 3.8) is 0 Å². The molecule has 0 radical (unpaired) electrons. The molecule has 0 unspecified atom stereocenters. The summed E-state index contributed by atoms with van der Waals surface area (Å²) in [5.74, 6) is 0.403. The van der Waals surface area contributed by atoms with Crippen LogP contribution in [0.2, 0.25) is 0 Å². The molecule has 0 aliphatic heterocycles. The van der Waals surface area contributed by atoms with Crippen molar-refractivity contribution in [2.24, 2.45) is 0 Å². The molecule has 0 saturated carbocycles. The van der Waals surface area contributed by atoms with Gasteiger partial charge in [-0.3, -0.25) is 4.79 Å². The summed E-state index contributed by atoms with van der Waals surface area (Å²) in [6.45, 7) is 2.91. The number of ether oxygens (including phenoxy) is 1. The number of phenolic OH excluding ortho intramolecular Hbond substituents is 1. The van der Waals surface area contributed by atoms with Gasteiger partial charge in [-0.15, -0.1) is 0 Å². The van der Waals surface area contributed by atoms with Gasteiger partial charge in [0.2, 0.25) is 0 Å². The van der Waals surface area contributed by atoms with E-state index in [1.165, 1.54) is 83.5 Å². The Labute approximate surface area is 195 Å². The first-order valence-electron chi connectivity index (χ1n) is 12.8. The molecule has 0 amide bonds. The first kappa shape index (κ1) is 26.0. The van der Waals surface area contributed by atoms with Crippen LogP contribution in [-0.2, 0) is 0 Å². The number of carbonyl (C=O) groups excluding carboxylic acids is 1. The molecule has 2 rings (SSSR count). The van der Waals surface area contributed by atoms with E-state index in [0.29, 0.717) is 23.5 Å². The Kier molecular flexibility index (Phi) is 13.3. The van der Waals surface area contributed by atoms with E-state index in [1.807, 2.05) is 18.2 Å². The summed E-state index contributed by atoms with van der Waals surface area (Å²) in [5, 5.41) is 10.2. The molecule has 0 heterocycles. The number of hydrogen-bond acceptors (Lipinski definition) is 3. The molecule has 1 N–H and O–H groups in total. The summed E-state index contributed by atoms with van der Waals surface area (Å²) in [5.41, 5.74) is 0.874. The minimum Gasteiger partial charge on any atom is -0.507 e. The fourth-order valence-electron chi connectivity index (χ4n) is 4.02. The van der Waals surface area contributed by atoms with Gasteiger partial charge in [0.05, 0.1) is 12.2 Å². The van der Waals surface area contributed by atoms with Crippen LogP contribution in [0.5, 0.6) is 11.5 Å². The van der Waals surface area contributed by atoms with Crippen molar-refractivity contribution >= 4 is 5.78 Å². The fraction of sp³-hybridized carbons (Fsp3) is 0.552. The average Bonchev–Trinajstić information content (AvgIpc) is 2.82. The van der Waals surface area contributed by atoms with Crippen LogP contribution in [0.25, 0.3) is 0 Å². The monoisotopic (exact) mass is 438 g/mol. The SMILES string of the molecule is CCCCCCCCCCCCCCCCOc1ccc(C(=O)c2ccccc2)c(O)c1. The number of rotatable bonds is 18. The van der Waals surface area contributed by atoms with E-state index >= 15 is 0 Å². The third kappa shape index (κ3) is 10.3. The largest absolute Gasteiger partial charge is 0.507 e. The normalized spacial score (nSPS) is 10.9. The Bertz CT molecular complexity index is 754. The van der Waals surface area contributed by atoms with Gasteiger partial charge in [0, 0.05) is 11.6 Å². The molecule has 176 valence electrons. The third-order valence-electron chi connectivity index (χ3n) is 6.02. The van der Waals surface area contributed by atoms with Crippen LogP contribution in [-0.4, -0.2) is 17.5 Å². The van der Waals surface area contributed by atoms with Crippen LogP contribution < -0.4 is 4.74 Å². The van der Waals surface area contributed by atoms with E-state index in [1.54, 1.807) is 30.3 Å². The smallest absolute Gasteiger partial charge is 0.196 e. The van der Waals surface area contributed by atoms with Crippen molar-refractivity contribution in [1.82, 2.24) is 0 Å². The van der Waals surface area contributed by atoms with E-state index < -0.39 is 0 Å². The quantitative estimate of drug-likeness (QED) is 0.187.